The molecular formula is C23H33N3O6S2. The standard InChI is InChI=1S/C23H33N3O6S2/c1-23(2,3)26-34(29,30)20-13-17(32-12-11-31-4)9-10-18(20)19-14-24-21(33-19)15-5-7-16(8-6-15)25-22(27)28/h9-10,13-16,25-26H,5-8,11-12H2,1-4H3,(H,27,28). The van der Waals surface area contributed by atoms with Crippen LogP contribution in [-0.4, -0.2) is 56.5 Å². The highest BCUT2D eigenvalue weighted by Crippen LogP contribution is 2.40. The Morgan fingerprint density at radius 3 is 2.53 bits per heavy atom. The van der Waals surface area contributed by atoms with Crippen LogP contribution in [-0.2, 0) is 14.8 Å². The molecule has 1 aromatic carbocycles. The molecule has 0 radical (unpaired) electrons. The van der Waals surface area contributed by atoms with Gasteiger partial charge in [-0.05, 0) is 58.6 Å². The average Bonchev–Trinajstić information content (AvgIpc) is 3.22. The van der Waals surface area contributed by atoms with E-state index in [0.29, 0.717) is 24.5 Å². The lowest BCUT2D eigenvalue weighted by molar-refractivity contribution is 0.146. The lowest BCUT2D eigenvalue weighted by Crippen LogP contribution is -2.40. The molecule has 1 aliphatic carbocycles. The molecule has 1 aliphatic rings. The SMILES string of the molecule is COCCOc1ccc(-c2cnc(C3CCC(NC(=O)O)CC3)s2)c(S(=O)(=O)NC(C)(C)C)c1. The van der Waals surface area contributed by atoms with Crippen LogP contribution in [0.15, 0.2) is 29.3 Å². The number of carboxylic acid groups (broad SMARTS) is 1. The maximum absolute atomic E-state index is 13.3. The maximum Gasteiger partial charge on any atom is 0.404 e. The predicted octanol–water partition coefficient (Wildman–Crippen LogP) is 4.21. The third-order valence-electron chi connectivity index (χ3n) is 5.43. The summed E-state index contributed by atoms with van der Waals surface area (Å²) in [6.07, 6.45) is 3.91. The molecule has 1 aromatic heterocycles. The Morgan fingerprint density at radius 2 is 1.91 bits per heavy atom. The van der Waals surface area contributed by atoms with Crippen molar-refractivity contribution in [1.29, 1.82) is 0 Å². The predicted molar refractivity (Wildman–Crippen MR) is 131 cm³/mol. The highest BCUT2D eigenvalue weighted by molar-refractivity contribution is 7.89. The number of rotatable bonds is 9. The quantitative estimate of drug-likeness (QED) is 0.431. The molecule has 1 saturated carbocycles. The van der Waals surface area contributed by atoms with E-state index in [4.69, 9.17) is 14.6 Å². The van der Waals surface area contributed by atoms with Gasteiger partial charge in [0.25, 0.3) is 0 Å². The first-order chi connectivity index (χ1) is 16.0. The first-order valence-corrected chi connectivity index (χ1v) is 13.5. The van der Waals surface area contributed by atoms with Crippen molar-refractivity contribution >= 4 is 27.5 Å². The Labute approximate surface area is 204 Å². The molecule has 3 N–H and O–H groups in total. The lowest BCUT2D eigenvalue weighted by atomic mass is 9.86. The summed E-state index contributed by atoms with van der Waals surface area (Å²) in [5, 5.41) is 12.4. The fraction of sp³-hybridized carbons (Fsp3) is 0.565. The zero-order valence-corrected chi connectivity index (χ0v) is 21.6. The van der Waals surface area contributed by atoms with E-state index < -0.39 is 21.7 Å². The van der Waals surface area contributed by atoms with Crippen LogP contribution in [0.4, 0.5) is 4.79 Å². The van der Waals surface area contributed by atoms with E-state index in [1.165, 1.54) is 11.3 Å². The fourth-order valence-corrected chi connectivity index (χ4v) is 6.83. The number of thiazole rings is 1. The molecule has 1 amide bonds. The van der Waals surface area contributed by atoms with Crippen molar-refractivity contribution in [2.45, 2.75) is 68.8 Å². The normalized spacial score (nSPS) is 19.1. The van der Waals surface area contributed by atoms with Crippen LogP contribution < -0.4 is 14.8 Å². The Morgan fingerprint density at radius 1 is 1.21 bits per heavy atom. The van der Waals surface area contributed by atoms with Crippen molar-refractivity contribution < 1.29 is 27.8 Å². The number of hydrogen-bond acceptors (Lipinski definition) is 7. The Kier molecular flexibility index (Phi) is 8.56. The van der Waals surface area contributed by atoms with Crippen molar-refractivity contribution in [3.05, 3.63) is 29.4 Å². The molecule has 188 valence electrons. The molecule has 0 bridgehead atoms. The number of nitrogens with zero attached hydrogens (tertiary/aromatic N) is 1. The van der Waals surface area contributed by atoms with Crippen LogP contribution in [0.5, 0.6) is 5.75 Å². The third-order valence-corrected chi connectivity index (χ3v) is 8.42. The Hall–Kier alpha value is -2.21. The number of nitrogens with one attached hydrogen (secondary N) is 2. The minimum Gasteiger partial charge on any atom is -0.491 e. The second kappa shape index (κ2) is 11.0. The van der Waals surface area contributed by atoms with Gasteiger partial charge in [-0.15, -0.1) is 11.3 Å². The van der Waals surface area contributed by atoms with E-state index in [0.717, 1.165) is 35.6 Å². The van der Waals surface area contributed by atoms with Gasteiger partial charge in [0.15, 0.2) is 0 Å². The summed E-state index contributed by atoms with van der Waals surface area (Å²) in [7, 11) is -2.26. The first-order valence-electron chi connectivity index (χ1n) is 11.2. The molecular weight excluding hydrogens is 478 g/mol. The van der Waals surface area contributed by atoms with E-state index in [1.54, 1.807) is 52.3 Å². The van der Waals surface area contributed by atoms with Crippen molar-refractivity contribution in [1.82, 2.24) is 15.0 Å². The molecule has 0 saturated heterocycles. The number of methoxy groups -OCH3 is 1. The molecule has 0 aliphatic heterocycles. The monoisotopic (exact) mass is 511 g/mol. The topological polar surface area (TPSA) is 127 Å². The van der Waals surface area contributed by atoms with Crippen molar-refractivity contribution in [3.8, 4) is 16.2 Å². The van der Waals surface area contributed by atoms with Crippen LogP contribution in [0.1, 0.15) is 57.4 Å². The van der Waals surface area contributed by atoms with E-state index in [9.17, 15) is 13.2 Å². The zero-order valence-electron chi connectivity index (χ0n) is 20.0. The average molecular weight is 512 g/mol. The molecule has 0 spiro atoms. The molecule has 0 unspecified atom stereocenters. The number of benzene rings is 1. The van der Waals surface area contributed by atoms with Crippen molar-refractivity contribution in [3.63, 3.8) is 0 Å². The van der Waals surface area contributed by atoms with Gasteiger partial charge in [-0.25, -0.2) is 22.9 Å². The second-order valence-corrected chi connectivity index (χ2v) is 12.1. The van der Waals surface area contributed by atoms with Crippen LogP contribution in [0.25, 0.3) is 10.4 Å². The number of sulfonamides is 1. The number of carbonyl (C=O) groups is 1. The summed E-state index contributed by atoms with van der Waals surface area (Å²) < 4.78 is 40.0. The summed E-state index contributed by atoms with van der Waals surface area (Å²) in [5.41, 5.74) is -0.0781. The Bertz CT molecular complexity index is 1090. The van der Waals surface area contributed by atoms with E-state index >= 15 is 0 Å². The first kappa shape index (κ1) is 26.4. The second-order valence-electron chi connectivity index (χ2n) is 9.42. The largest absolute Gasteiger partial charge is 0.491 e. The molecule has 0 atom stereocenters. The summed E-state index contributed by atoms with van der Waals surface area (Å²) in [6.45, 7) is 6.09. The summed E-state index contributed by atoms with van der Waals surface area (Å²) in [6, 6.07) is 5.02. The van der Waals surface area contributed by atoms with Gasteiger partial charge in [-0.1, -0.05) is 0 Å². The van der Waals surface area contributed by atoms with Crippen LogP contribution in [0, 0.1) is 0 Å². The lowest BCUT2D eigenvalue weighted by Gasteiger charge is -2.27. The van der Waals surface area contributed by atoms with E-state index in [2.05, 4.69) is 15.0 Å². The van der Waals surface area contributed by atoms with Gasteiger partial charge in [-0.3, -0.25) is 0 Å². The maximum atomic E-state index is 13.3. The molecule has 1 fully saturated rings. The number of ether oxygens (including phenoxy) is 2. The zero-order chi connectivity index (χ0) is 24.9. The van der Waals surface area contributed by atoms with Gasteiger partial charge in [0.05, 0.1) is 21.4 Å². The molecule has 11 heteroatoms. The summed E-state index contributed by atoms with van der Waals surface area (Å²) in [5.74, 6) is 0.680. The number of amides is 1. The van der Waals surface area contributed by atoms with E-state index in [1.807, 2.05) is 0 Å². The van der Waals surface area contributed by atoms with Gasteiger partial charge in [0, 0.05) is 42.4 Å². The van der Waals surface area contributed by atoms with Crippen molar-refractivity contribution in [2.24, 2.45) is 0 Å². The van der Waals surface area contributed by atoms with Gasteiger partial charge >= 0.3 is 6.09 Å². The highest BCUT2D eigenvalue weighted by atomic mass is 32.2. The van der Waals surface area contributed by atoms with Gasteiger partial charge in [-0.2, -0.15) is 0 Å². The summed E-state index contributed by atoms with van der Waals surface area (Å²) >= 11 is 1.48. The molecule has 34 heavy (non-hydrogen) atoms. The fourth-order valence-electron chi connectivity index (χ4n) is 3.98. The molecule has 9 nitrogen and oxygen atoms in total. The molecule has 1 heterocycles. The smallest absolute Gasteiger partial charge is 0.404 e. The van der Waals surface area contributed by atoms with E-state index in [-0.39, 0.29) is 16.9 Å². The summed E-state index contributed by atoms with van der Waals surface area (Å²) in [4.78, 5) is 16.4. The minimum absolute atomic E-state index is 0.0287. The van der Waals surface area contributed by atoms with Crippen LogP contribution >= 0.6 is 11.3 Å². The minimum atomic E-state index is -3.83. The Balaban J connectivity index is 1.87. The molecule has 2 aromatic rings. The van der Waals surface area contributed by atoms with Gasteiger partial charge in [0.2, 0.25) is 10.0 Å². The number of hydrogen-bond donors (Lipinski definition) is 3. The van der Waals surface area contributed by atoms with Gasteiger partial charge < -0.3 is 19.9 Å². The van der Waals surface area contributed by atoms with Gasteiger partial charge in [0.1, 0.15) is 12.4 Å². The van der Waals surface area contributed by atoms with Crippen molar-refractivity contribution in [2.75, 3.05) is 20.3 Å². The highest BCUT2D eigenvalue weighted by Gasteiger charge is 2.28. The molecule has 3 rings (SSSR count). The number of aromatic nitrogens is 1. The third kappa shape index (κ3) is 7.14. The van der Waals surface area contributed by atoms with Crippen LogP contribution in [0.2, 0.25) is 0 Å². The van der Waals surface area contributed by atoms with Crippen LogP contribution in [0.3, 0.4) is 0 Å².